The summed E-state index contributed by atoms with van der Waals surface area (Å²) in [6.45, 7) is 2.60. The predicted octanol–water partition coefficient (Wildman–Crippen LogP) is 5.73. The molecule has 0 unspecified atom stereocenters. The van der Waals surface area contributed by atoms with Gasteiger partial charge in [-0.15, -0.1) is 21.5 Å². The van der Waals surface area contributed by atoms with Crippen molar-refractivity contribution in [2.24, 2.45) is 0 Å². The molecule has 0 fully saturated rings. The van der Waals surface area contributed by atoms with E-state index in [0.717, 1.165) is 47.2 Å². The van der Waals surface area contributed by atoms with Crippen LogP contribution in [0.15, 0.2) is 65.8 Å². The Bertz CT molecular complexity index is 1400. The number of carbonyl (C=O) groups is 2. The van der Waals surface area contributed by atoms with Gasteiger partial charge >= 0.3 is 5.97 Å². The third kappa shape index (κ3) is 5.92. The van der Waals surface area contributed by atoms with E-state index in [4.69, 9.17) is 4.74 Å². The van der Waals surface area contributed by atoms with Crippen LogP contribution in [0, 0.1) is 0 Å². The zero-order valence-corrected chi connectivity index (χ0v) is 22.7. The number of thiophene rings is 1. The number of ether oxygens (including phenoxy) is 1. The van der Waals surface area contributed by atoms with Crippen LogP contribution in [0.3, 0.4) is 0 Å². The maximum atomic E-state index is 12.9. The van der Waals surface area contributed by atoms with E-state index in [0.29, 0.717) is 29.5 Å². The van der Waals surface area contributed by atoms with E-state index in [-0.39, 0.29) is 18.3 Å². The first-order valence-corrected chi connectivity index (χ1v) is 14.5. The predicted molar refractivity (Wildman–Crippen MR) is 151 cm³/mol. The number of fused-ring (bicyclic) bond motifs is 1. The van der Waals surface area contributed by atoms with E-state index in [1.165, 1.54) is 28.0 Å². The monoisotopic (exact) mass is 547 g/mol. The van der Waals surface area contributed by atoms with Crippen molar-refractivity contribution in [1.29, 1.82) is 0 Å². The number of carbonyl (C=O) groups excluding carboxylic acids is 2. The van der Waals surface area contributed by atoms with Gasteiger partial charge in [-0.2, -0.15) is 0 Å². The molecule has 2 heterocycles. The van der Waals surface area contributed by atoms with Crippen molar-refractivity contribution < 1.29 is 14.3 Å². The number of nitrogens with zero attached hydrogens (tertiary/aromatic N) is 3. The van der Waals surface area contributed by atoms with Crippen LogP contribution >= 0.6 is 23.1 Å². The number of anilines is 2. The maximum absolute atomic E-state index is 12.9. The number of esters is 1. The number of aromatic nitrogens is 3. The van der Waals surface area contributed by atoms with E-state index in [9.17, 15) is 9.59 Å². The first-order chi connectivity index (χ1) is 18.6. The molecular weight excluding hydrogens is 518 g/mol. The number of amides is 1. The van der Waals surface area contributed by atoms with Crippen molar-refractivity contribution >= 4 is 45.7 Å². The molecule has 4 aromatic rings. The average Bonchev–Trinajstić information content (AvgIpc) is 3.63. The SMILES string of the molecule is CCOC(=O)c1c(NC(=O)CCSc2nnc(CNc3ccccc3)n2-c2ccccc2)sc2c1CCC2. The highest BCUT2D eigenvalue weighted by molar-refractivity contribution is 7.99. The largest absolute Gasteiger partial charge is 0.462 e. The van der Waals surface area contributed by atoms with Crippen LogP contribution in [0.2, 0.25) is 0 Å². The van der Waals surface area contributed by atoms with Crippen molar-refractivity contribution in [2.75, 3.05) is 23.0 Å². The first-order valence-electron chi connectivity index (χ1n) is 12.7. The molecule has 0 radical (unpaired) electrons. The Balaban J connectivity index is 1.25. The highest BCUT2D eigenvalue weighted by Gasteiger charge is 2.28. The zero-order chi connectivity index (χ0) is 26.3. The second kappa shape index (κ2) is 12.3. The summed E-state index contributed by atoms with van der Waals surface area (Å²) in [5.41, 5.74) is 3.53. The second-order valence-corrected chi connectivity index (χ2v) is 10.9. The Kier molecular flexibility index (Phi) is 8.40. The van der Waals surface area contributed by atoms with Crippen LogP contribution in [0.25, 0.3) is 5.69 Å². The number of hydrogen-bond acceptors (Lipinski definition) is 8. The van der Waals surface area contributed by atoms with E-state index in [2.05, 4.69) is 20.8 Å². The molecule has 196 valence electrons. The van der Waals surface area contributed by atoms with Crippen molar-refractivity contribution in [3.8, 4) is 5.69 Å². The van der Waals surface area contributed by atoms with Gasteiger partial charge in [0, 0.05) is 28.4 Å². The molecule has 1 amide bonds. The molecule has 38 heavy (non-hydrogen) atoms. The summed E-state index contributed by atoms with van der Waals surface area (Å²) in [5, 5.41) is 16.5. The van der Waals surface area contributed by atoms with Gasteiger partial charge in [0.05, 0.1) is 18.7 Å². The summed E-state index contributed by atoms with van der Waals surface area (Å²) >= 11 is 2.97. The normalized spacial score (nSPS) is 12.2. The molecule has 0 atom stereocenters. The van der Waals surface area contributed by atoms with Crippen LogP contribution < -0.4 is 10.6 Å². The molecule has 10 heteroatoms. The summed E-state index contributed by atoms with van der Waals surface area (Å²) in [4.78, 5) is 26.6. The standard InChI is InChI=1S/C28H29N5O3S2/c1-2-36-27(35)25-21-14-9-15-22(21)38-26(25)30-24(34)16-17-37-28-32-31-23(18-29-19-10-5-3-6-11-19)33(28)20-12-7-4-8-13-20/h3-8,10-13,29H,2,9,14-18H2,1H3,(H,30,34). The number of hydrogen-bond donors (Lipinski definition) is 2. The lowest BCUT2D eigenvalue weighted by atomic mass is 10.1. The summed E-state index contributed by atoms with van der Waals surface area (Å²) < 4.78 is 7.28. The lowest BCUT2D eigenvalue weighted by molar-refractivity contribution is -0.115. The summed E-state index contributed by atoms with van der Waals surface area (Å²) in [6, 6.07) is 19.9. The van der Waals surface area contributed by atoms with Crippen molar-refractivity contribution in [3.63, 3.8) is 0 Å². The molecule has 2 N–H and O–H groups in total. The summed E-state index contributed by atoms with van der Waals surface area (Å²) in [6.07, 6.45) is 3.09. The number of rotatable bonds is 11. The van der Waals surface area contributed by atoms with E-state index < -0.39 is 0 Å². The van der Waals surface area contributed by atoms with Gasteiger partial charge in [-0.3, -0.25) is 9.36 Å². The van der Waals surface area contributed by atoms with Crippen LogP contribution in [0.5, 0.6) is 0 Å². The molecule has 2 aromatic heterocycles. The maximum Gasteiger partial charge on any atom is 0.341 e. The molecule has 1 aliphatic carbocycles. The van der Waals surface area contributed by atoms with Crippen molar-refractivity contribution in [2.45, 2.75) is 44.3 Å². The molecule has 0 spiro atoms. The Labute approximate surface area is 229 Å². The number of benzene rings is 2. The minimum atomic E-state index is -0.357. The fourth-order valence-electron chi connectivity index (χ4n) is 4.42. The molecule has 8 nitrogen and oxygen atoms in total. The minimum Gasteiger partial charge on any atom is -0.462 e. The van der Waals surface area contributed by atoms with E-state index >= 15 is 0 Å². The molecular formula is C28H29N5O3S2. The first kappa shape index (κ1) is 26.0. The van der Waals surface area contributed by atoms with Gasteiger partial charge < -0.3 is 15.4 Å². The Morgan fingerprint density at radius 1 is 1.05 bits per heavy atom. The lowest BCUT2D eigenvalue weighted by Gasteiger charge is -2.11. The molecule has 0 saturated heterocycles. The molecule has 0 bridgehead atoms. The van der Waals surface area contributed by atoms with E-state index in [1.807, 2.05) is 65.2 Å². The quantitative estimate of drug-likeness (QED) is 0.183. The number of nitrogens with one attached hydrogen (secondary N) is 2. The number of para-hydroxylation sites is 2. The Morgan fingerprint density at radius 3 is 2.58 bits per heavy atom. The molecule has 0 aliphatic heterocycles. The summed E-state index contributed by atoms with van der Waals surface area (Å²) in [5.74, 6) is 0.797. The van der Waals surface area contributed by atoms with Crippen molar-refractivity contribution in [3.05, 3.63) is 82.5 Å². The third-order valence-electron chi connectivity index (χ3n) is 6.15. The fourth-order valence-corrected chi connectivity index (χ4v) is 6.62. The third-order valence-corrected chi connectivity index (χ3v) is 8.29. The minimum absolute atomic E-state index is 0.139. The Morgan fingerprint density at radius 2 is 1.82 bits per heavy atom. The number of aryl methyl sites for hydroxylation is 1. The van der Waals surface area contributed by atoms with E-state index in [1.54, 1.807) is 6.92 Å². The van der Waals surface area contributed by atoms with Crippen LogP contribution in [0.1, 0.15) is 46.4 Å². The van der Waals surface area contributed by atoms with Gasteiger partial charge in [-0.05, 0) is 56.0 Å². The Hall–Kier alpha value is -3.63. The highest BCUT2D eigenvalue weighted by Crippen LogP contribution is 2.39. The van der Waals surface area contributed by atoms with Crippen LogP contribution in [-0.2, 0) is 28.9 Å². The second-order valence-electron chi connectivity index (χ2n) is 8.72. The summed E-state index contributed by atoms with van der Waals surface area (Å²) in [7, 11) is 0. The zero-order valence-electron chi connectivity index (χ0n) is 21.1. The van der Waals surface area contributed by atoms with Gasteiger partial charge in [0.2, 0.25) is 5.91 Å². The topological polar surface area (TPSA) is 98.1 Å². The molecule has 5 rings (SSSR count). The van der Waals surface area contributed by atoms with Gasteiger partial charge in [-0.25, -0.2) is 4.79 Å². The van der Waals surface area contributed by atoms with Crippen LogP contribution in [-0.4, -0.2) is 39.0 Å². The van der Waals surface area contributed by atoms with Crippen LogP contribution in [0.4, 0.5) is 10.7 Å². The molecule has 0 saturated carbocycles. The highest BCUT2D eigenvalue weighted by atomic mass is 32.2. The van der Waals surface area contributed by atoms with Gasteiger partial charge in [-0.1, -0.05) is 48.2 Å². The van der Waals surface area contributed by atoms with Gasteiger partial charge in [0.25, 0.3) is 0 Å². The number of thioether (sulfide) groups is 1. The average molecular weight is 548 g/mol. The molecule has 2 aromatic carbocycles. The lowest BCUT2D eigenvalue weighted by Crippen LogP contribution is -2.15. The molecule has 1 aliphatic rings. The van der Waals surface area contributed by atoms with Gasteiger partial charge in [0.1, 0.15) is 5.00 Å². The smallest absolute Gasteiger partial charge is 0.341 e. The van der Waals surface area contributed by atoms with Crippen molar-refractivity contribution in [1.82, 2.24) is 14.8 Å². The van der Waals surface area contributed by atoms with Gasteiger partial charge in [0.15, 0.2) is 11.0 Å². The fraction of sp³-hybridized carbons (Fsp3) is 0.286.